The standard InChI is InChI=1S/C44H76NO8P/c1-6-8-10-12-14-16-18-19-20-21-22-23-24-25-27-29-31-33-35-37-44(47)53-42(41-52-54(48,49)51-39-38-45(3,4)5)40-50-43(46)36-34-32-30-28-26-17-15-13-11-9-7-2/h8,10,13-16,19-20,22-23,25,27,42H,6-7,9,11-12,17-18,21,24,26,28-41H2,1-5H3/b10-8-,15-13-,16-14-,20-19-,23-22-,27-25-. The lowest BCUT2D eigenvalue weighted by molar-refractivity contribution is -0.870. The zero-order chi connectivity index (χ0) is 40.0. The van der Waals surface area contributed by atoms with Crippen molar-refractivity contribution in [3.8, 4) is 0 Å². The largest absolute Gasteiger partial charge is 0.756 e. The molecular formula is C44H76NO8P. The maximum atomic E-state index is 12.6. The Labute approximate surface area is 329 Å². The number of carbonyl (C=O) groups excluding carboxylic acids is 2. The monoisotopic (exact) mass is 778 g/mol. The predicted octanol–water partition coefficient (Wildman–Crippen LogP) is 10.8. The molecule has 0 spiro atoms. The number of unbranched alkanes of at least 4 members (excludes halogenated alkanes) is 10. The van der Waals surface area contributed by atoms with E-state index < -0.39 is 32.5 Å². The number of nitrogens with zero attached hydrogens (tertiary/aromatic N) is 1. The zero-order valence-corrected chi connectivity index (χ0v) is 35.5. The van der Waals surface area contributed by atoms with E-state index >= 15 is 0 Å². The number of carbonyl (C=O) groups is 2. The van der Waals surface area contributed by atoms with E-state index in [1.807, 2.05) is 21.1 Å². The van der Waals surface area contributed by atoms with E-state index in [9.17, 15) is 19.0 Å². The Hall–Kier alpha value is -2.55. The molecule has 0 radical (unpaired) electrons. The molecule has 2 unspecified atom stereocenters. The van der Waals surface area contributed by atoms with Crippen LogP contribution in [0.4, 0.5) is 0 Å². The van der Waals surface area contributed by atoms with Crippen molar-refractivity contribution in [3.05, 3.63) is 72.9 Å². The third kappa shape index (κ3) is 39.2. The van der Waals surface area contributed by atoms with Crippen LogP contribution in [0.1, 0.15) is 142 Å². The first-order valence-electron chi connectivity index (χ1n) is 20.6. The summed E-state index contributed by atoms with van der Waals surface area (Å²) in [4.78, 5) is 37.4. The van der Waals surface area contributed by atoms with E-state index in [-0.39, 0.29) is 26.1 Å². The molecule has 310 valence electrons. The molecular weight excluding hydrogens is 701 g/mol. The van der Waals surface area contributed by atoms with E-state index in [2.05, 4.69) is 86.8 Å². The second kappa shape index (κ2) is 36.1. The highest BCUT2D eigenvalue weighted by Gasteiger charge is 2.21. The van der Waals surface area contributed by atoms with E-state index in [1.165, 1.54) is 12.8 Å². The number of hydrogen-bond acceptors (Lipinski definition) is 8. The van der Waals surface area contributed by atoms with Crippen molar-refractivity contribution in [2.45, 2.75) is 148 Å². The van der Waals surface area contributed by atoms with Gasteiger partial charge in [0.2, 0.25) is 0 Å². The van der Waals surface area contributed by atoms with E-state index in [0.29, 0.717) is 23.9 Å². The van der Waals surface area contributed by atoms with Crippen LogP contribution in [0.3, 0.4) is 0 Å². The van der Waals surface area contributed by atoms with Gasteiger partial charge in [0.05, 0.1) is 27.7 Å². The molecule has 0 saturated heterocycles. The van der Waals surface area contributed by atoms with Crippen LogP contribution in [0.15, 0.2) is 72.9 Å². The first-order chi connectivity index (χ1) is 26.0. The lowest BCUT2D eigenvalue weighted by atomic mass is 10.1. The number of phosphoric acid groups is 1. The van der Waals surface area contributed by atoms with E-state index in [0.717, 1.165) is 89.9 Å². The lowest BCUT2D eigenvalue weighted by Crippen LogP contribution is -2.37. The van der Waals surface area contributed by atoms with Crippen molar-refractivity contribution in [1.82, 2.24) is 0 Å². The van der Waals surface area contributed by atoms with Crippen molar-refractivity contribution >= 4 is 19.8 Å². The maximum Gasteiger partial charge on any atom is 0.306 e. The molecule has 0 N–H and O–H groups in total. The highest BCUT2D eigenvalue weighted by molar-refractivity contribution is 7.45. The van der Waals surface area contributed by atoms with Crippen molar-refractivity contribution in [2.24, 2.45) is 0 Å². The molecule has 0 aliphatic rings. The summed E-state index contributed by atoms with van der Waals surface area (Å²) in [5, 5.41) is 0. The molecule has 54 heavy (non-hydrogen) atoms. The Balaban J connectivity index is 4.48. The van der Waals surface area contributed by atoms with Gasteiger partial charge in [-0.2, -0.15) is 0 Å². The van der Waals surface area contributed by atoms with Crippen LogP contribution in [0.25, 0.3) is 0 Å². The number of esters is 2. The molecule has 0 saturated carbocycles. The minimum absolute atomic E-state index is 0.0427. The Bertz CT molecular complexity index is 1150. The van der Waals surface area contributed by atoms with Crippen LogP contribution >= 0.6 is 7.82 Å². The van der Waals surface area contributed by atoms with Crippen LogP contribution in [0, 0.1) is 0 Å². The van der Waals surface area contributed by atoms with Gasteiger partial charge in [0.15, 0.2) is 6.10 Å². The number of phosphoric ester groups is 1. The molecule has 0 bridgehead atoms. The minimum atomic E-state index is -4.64. The molecule has 0 aromatic carbocycles. The molecule has 2 atom stereocenters. The number of ether oxygens (including phenoxy) is 2. The fourth-order valence-corrected chi connectivity index (χ4v) is 5.68. The molecule has 0 fully saturated rings. The third-order valence-electron chi connectivity index (χ3n) is 8.21. The molecule has 0 aliphatic heterocycles. The van der Waals surface area contributed by atoms with E-state index in [1.54, 1.807) is 0 Å². The molecule has 0 amide bonds. The Morgan fingerprint density at radius 1 is 0.593 bits per heavy atom. The first kappa shape index (κ1) is 51.5. The Morgan fingerprint density at radius 2 is 1.06 bits per heavy atom. The van der Waals surface area contributed by atoms with Crippen LogP contribution in [-0.4, -0.2) is 70.0 Å². The van der Waals surface area contributed by atoms with Gasteiger partial charge in [-0.3, -0.25) is 14.2 Å². The van der Waals surface area contributed by atoms with Crippen LogP contribution in [0.2, 0.25) is 0 Å². The number of hydrogen-bond donors (Lipinski definition) is 0. The smallest absolute Gasteiger partial charge is 0.306 e. The van der Waals surface area contributed by atoms with Crippen LogP contribution < -0.4 is 4.89 Å². The minimum Gasteiger partial charge on any atom is -0.756 e. The molecule has 0 heterocycles. The summed E-state index contributed by atoms with van der Waals surface area (Å²) < 4.78 is 33.8. The van der Waals surface area contributed by atoms with Gasteiger partial charge in [-0.1, -0.05) is 125 Å². The SMILES string of the molecule is CC/C=C\C/C=C\C/C=C\C/C=C\C/C=C\CCCCCC(=O)OC(COC(=O)CCCCCCC/C=C\CCCC)COP(=O)([O-])OCC[N+](C)(C)C. The lowest BCUT2D eigenvalue weighted by Gasteiger charge is -2.28. The summed E-state index contributed by atoms with van der Waals surface area (Å²) in [7, 11) is 1.12. The highest BCUT2D eigenvalue weighted by Crippen LogP contribution is 2.38. The summed E-state index contributed by atoms with van der Waals surface area (Å²) in [5.41, 5.74) is 0. The summed E-state index contributed by atoms with van der Waals surface area (Å²) in [5.74, 6) is -0.893. The Kier molecular flexibility index (Phi) is 34.4. The summed E-state index contributed by atoms with van der Waals surface area (Å²) in [6.45, 7) is 3.99. The van der Waals surface area contributed by atoms with Gasteiger partial charge >= 0.3 is 11.9 Å². The molecule has 0 aromatic heterocycles. The highest BCUT2D eigenvalue weighted by atomic mass is 31.2. The quantitative estimate of drug-likeness (QED) is 0.0203. The van der Waals surface area contributed by atoms with Gasteiger partial charge in [-0.05, 0) is 77.0 Å². The molecule has 9 nitrogen and oxygen atoms in total. The molecule has 0 aromatic rings. The number of rotatable bonds is 36. The number of allylic oxidation sites excluding steroid dienone is 12. The second-order valence-corrected chi connectivity index (χ2v) is 16.0. The molecule has 0 rings (SSSR count). The maximum absolute atomic E-state index is 12.6. The van der Waals surface area contributed by atoms with Gasteiger partial charge in [0.1, 0.15) is 19.8 Å². The van der Waals surface area contributed by atoms with Crippen molar-refractivity contribution in [1.29, 1.82) is 0 Å². The van der Waals surface area contributed by atoms with Crippen molar-refractivity contribution in [3.63, 3.8) is 0 Å². The number of quaternary nitrogens is 1. The van der Waals surface area contributed by atoms with Gasteiger partial charge in [0, 0.05) is 12.8 Å². The zero-order valence-electron chi connectivity index (χ0n) is 34.6. The normalized spacial score (nSPS) is 14.4. The van der Waals surface area contributed by atoms with Gasteiger partial charge < -0.3 is 27.9 Å². The Morgan fingerprint density at radius 3 is 1.61 bits per heavy atom. The second-order valence-electron chi connectivity index (χ2n) is 14.6. The number of likely N-dealkylation sites (N-methyl/N-ethyl adjacent to an activating group) is 1. The van der Waals surface area contributed by atoms with Gasteiger partial charge in [-0.15, -0.1) is 0 Å². The van der Waals surface area contributed by atoms with Crippen molar-refractivity contribution in [2.75, 3.05) is 47.5 Å². The fourth-order valence-electron chi connectivity index (χ4n) is 4.95. The van der Waals surface area contributed by atoms with Crippen LogP contribution in [-0.2, 0) is 32.7 Å². The third-order valence-corrected chi connectivity index (χ3v) is 9.17. The summed E-state index contributed by atoms with van der Waals surface area (Å²) in [6.07, 6.45) is 43.6. The molecule has 10 heteroatoms. The molecule has 0 aliphatic carbocycles. The average molecular weight is 778 g/mol. The summed E-state index contributed by atoms with van der Waals surface area (Å²) in [6, 6.07) is 0. The first-order valence-corrected chi connectivity index (χ1v) is 22.1. The van der Waals surface area contributed by atoms with Gasteiger partial charge in [0.25, 0.3) is 7.82 Å². The predicted molar refractivity (Wildman–Crippen MR) is 222 cm³/mol. The fraction of sp³-hybridized carbons (Fsp3) is 0.682. The summed E-state index contributed by atoms with van der Waals surface area (Å²) >= 11 is 0. The van der Waals surface area contributed by atoms with Crippen molar-refractivity contribution < 1.29 is 42.1 Å². The van der Waals surface area contributed by atoms with Gasteiger partial charge in [-0.25, -0.2) is 0 Å². The van der Waals surface area contributed by atoms with E-state index in [4.69, 9.17) is 18.5 Å². The van der Waals surface area contributed by atoms with Crippen LogP contribution in [0.5, 0.6) is 0 Å². The topological polar surface area (TPSA) is 111 Å². The average Bonchev–Trinajstić information content (AvgIpc) is 3.12.